The minimum Gasteiger partial charge on any atom is -0.325 e. The molecule has 372 valence electrons. The zero-order valence-electron chi connectivity index (χ0n) is 42.4. The molecule has 2 rings (SSSR count). The number of unbranched alkanes of at least 4 members (excludes halogenated alkanes) is 28. The molecule has 0 atom stereocenters. The van der Waals surface area contributed by atoms with Crippen molar-refractivity contribution in [3.8, 4) is 0 Å². The molecule has 0 aliphatic rings. The van der Waals surface area contributed by atoms with E-state index in [4.69, 9.17) is 0 Å². The maximum absolute atomic E-state index is 13.7. The van der Waals surface area contributed by atoms with Crippen LogP contribution in [0.2, 0.25) is 0 Å². The first-order valence-electron chi connectivity index (χ1n) is 27.2. The number of hydrogen-bond donors (Lipinski definition) is 2. The second-order valence-corrected chi connectivity index (χ2v) is 21.1. The predicted octanol–water partition coefficient (Wildman–Crippen LogP) is 15.6. The van der Waals surface area contributed by atoms with Gasteiger partial charge in [0.05, 0.1) is 22.9 Å². The first-order valence-corrected chi connectivity index (χ1v) is 28.7. The van der Waals surface area contributed by atoms with Crippen molar-refractivity contribution < 1.29 is 18.0 Å². The van der Waals surface area contributed by atoms with Crippen molar-refractivity contribution in [1.29, 1.82) is 0 Å². The number of amides is 2. The van der Waals surface area contributed by atoms with E-state index in [-0.39, 0.29) is 21.6 Å². The van der Waals surface area contributed by atoms with Gasteiger partial charge in [-0.25, -0.2) is 8.42 Å². The zero-order valence-corrected chi connectivity index (χ0v) is 43.2. The van der Waals surface area contributed by atoms with E-state index in [1.54, 1.807) is 48.5 Å². The van der Waals surface area contributed by atoms with Gasteiger partial charge in [0.15, 0.2) is 0 Å². The molecule has 0 heterocycles. The average Bonchev–Trinajstić information content (AvgIpc) is 3.30. The van der Waals surface area contributed by atoms with Crippen LogP contribution in [0.1, 0.15) is 233 Å². The molecule has 0 saturated carbocycles. The highest BCUT2D eigenvalue weighted by atomic mass is 32.2. The van der Waals surface area contributed by atoms with Crippen molar-refractivity contribution in [3.05, 3.63) is 48.5 Å². The van der Waals surface area contributed by atoms with Crippen LogP contribution in [0.25, 0.3) is 0 Å². The summed E-state index contributed by atoms with van der Waals surface area (Å²) in [7, 11) is -3.80. The summed E-state index contributed by atoms with van der Waals surface area (Å²) in [5.74, 6) is -0.136. The van der Waals surface area contributed by atoms with Gasteiger partial charge < -0.3 is 10.6 Å². The molecule has 2 aromatic carbocycles. The number of hydrogen-bond acceptors (Lipinski definition) is 6. The summed E-state index contributed by atoms with van der Waals surface area (Å²) >= 11 is 0. The third-order valence-electron chi connectivity index (χ3n) is 12.9. The number of carbonyl (C=O) groups excluding carboxylic acids is 2. The molecular weight excluding hydrogens is 825 g/mol. The van der Waals surface area contributed by atoms with Gasteiger partial charge in [-0.3, -0.25) is 19.4 Å². The summed E-state index contributed by atoms with van der Waals surface area (Å²) in [6, 6.07) is 12.9. The number of benzene rings is 2. The third kappa shape index (κ3) is 29.6. The standard InChI is InChI=1S/C56H98N4O4S/c1-5-9-13-17-21-25-29-33-45-59(46-34-30-26-22-18-14-10-6-2)49-55(61)57-51-37-41-53(42-38-51)65(63,64)54-43-39-52(40-44-54)58-56(62)50-60(47-35-31-27-23-19-15-11-7-3)48-36-32-28-24-20-16-12-8-4/h37-44H,5-36,45-50H2,1-4H3,(H,57,61)(H,58,62). The Morgan fingerprint density at radius 1 is 0.354 bits per heavy atom. The number of anilines is 2. The van der Waals surface area contributed by atoms with Crippen LogP contribution in [0.3, 0.4) is 0 Å². The summed E-state index contributed by atoms with van der Waals surface area (Å²) in [4.78, 5) is 31.5. The lowest BCUT2D eigenvalue weighted by Crippen LogP contribution is -2.34. The molecule has 0 aliphatic carbocycles. The smallest absolute Gasteiger partial charge is 0.238 e. The summed E-state index contributed by atoms with van der Waals surface area (Å²) in [5.41, 5.74) is 1.18. The van der Waals surface area contributed by atoms with Crippen LogP contribution in [0.15, 0.2) is 58.3 Å². The Bertz CT molecular complexity index is 1400. The minimum absolute atomic E-state index is 0.0678. The average molecular weight is 923 g/mol. The maximum Gasteiger partial charge on any atom is 0.238 e. The highest BCUT2D eigenvalue weighted by Gasteiger charge is 2.19. The van der Waals surface area contributed by atoms with Crippen molar-refractivity contribution in [2.45, 2.75) is 243 Å². The number of nitrogens with one attached hydrogen (secondary N) is 2. The lowest BCUT2D eigenvalue weighted by atomic mass is 10.1. The number of nitrogens with zero attached hydrogens (tertiary/aromatic N) is 2. The van der Waals surface area contributed by atoms with Crippen LogP contribution < -0.4 is 10.6 Å². The van der Waals surface area contributed by atoms with Gasteiger partial charge in [-0.1, -0.05) is 207 Å². The fraction of sp³-hybridized carbons (Fsp3) is 0.750. The lowest BCUT2D eigenvalue weighted by molar-refractivity contribution is -0.118. The van der Waals surface area contributed by atoms with Crippen LogP contribution in [0.4, 0.5) is 11.4 Å². The molecule has 2 aromatic rings. The van der Waals surface area contributed by atoms with Crippen LogP contribution in [0, 0.1) is 0 Å². The Balaban J connectivity index is 1.91. The van der Waals surface area contributed by atoms with Crippen molar-refractivity contribution in [1.82, 2.24) is 9.80 Å². The topological polar surface area (TPSA) is 98.8 Å². The Morgan fingerprint density at radius 3 is 0.800 bits per heavy atom. The summed E-state index contributed by atoms with van der Waals surface area (Å²) < 4.78 is 27.3. The van der Waals surface area contributed by atoms with Gasteiger partial charge >= 0.3 is 0 Å². The maximum atomic E-state index is 13.7. The van der Waals surface area contributed by atoms with Gasteiger partial charge in [0, 0.05) is 11.4 Å². The first-order chi connectivity index (χ1) is 31.7. The molecule has 0 aliphatic heterocycles. The van der Waals surface area contributed by atoms with E-state index in [9.17, 15) is 18.0 Å². The van der Waals surface area contributed by atoms with E-state index >= 15 is 0 Å². The Labute approximate surface area is 400 Å². The summed E-state index contributed by atoms with van der Waals surface area (Å²) in [5, 5.41) is 6.04. The van der Waals surface area contributed by atoms with Crippen molar-refractivity contribution in [3.63, 3.8) is 0 Å². The molecule has 0 bridgehead atoms. The number of carbonyl (C=O) groups is 2. The van der Waals surface area contributed by atoms with E-state index in [2.05, 4.69) is 48.1 Å². The largest absolute Gasteiger partial charge is 0.325 e. The highest BCUT2D eigenvalue weighted by Crippen LogP contribution is 2.24. The van der Waals surface area contributed by atoms with Crippen LogP contribution in [-0.2, 0) is 19.4 Å². The summed E-state index contributed by atoms with van der Waals surface area (Å²) in [6.07, 6.45) is 40.5. The Morgan fingerprint density at radius 2 is 0.569 bits per heavy atom. The fourth-order valence-corrected chi connectivity index (χ4v) is 10.1. The molecule has 8 nitrogen and oxygen atoms in total. The molecule has 2 amide bonds. The van der Waals surface area contributed by atoms with E-state index in [1.807, 2.05) is 0 Å². The molecule has 0 fully saturated rings. The molecule has 0 saturated heterocycles. The first kappa shape index (κ1) is 58.4. The van der Waals surface area contributed by atoms with Gasteiger partial charge in [-0.15, -0.1) is 0 Å². The van der Waals surface area contributed by atoms with Gasteiger partial charge in [0.25, 0.3) is 0 Å². The van der Waals surface area contributed by atoms with Crippen LogP contribution in [-0.4, -0.2) is 69.3 Å². The lowest BCUT2D eigenvalue weighted by Gasteiger charge is -2.22. The third-order valence-corrected chi connectivity index (χ3v) is 14.7. The minimum atomic E-state index is -3.80. The molecule has 0 unspecified atom stereocenters. The zero-order chi connectivity index (χ0) is 47.1. The van der Waals surface area contributed by atoms with Gasteiger partial charge in [0.1, 0.15) is 0 Å². The highest BCUT2D eigenvalue weighted by molar-refractivity contribution is 7.91. The summed E-state index contributed by atoms with van der Waals surface area (Å²) in [6.45, 7) is 13.4. The molecule has 0 spiro atoms. The van der Waals surface area contributed by atoms with E-state index in [0.717, 1.165) is 51.9 Å². The second kappa shape index (κ2) is 39.3. The van der Waals surface area contributed by atoms with Crippen LogP contribution >= 0.6 is 0 Å². The van der Waals surface area contributed by atoms with Gasteiger partial charge in [-0.2, -0.15) is 0 Å². The van der Waals surface area contributed by atoms with E-state index < -0.39 is 9.84 Å². The number of sulfone groups is 1. The molecule has 0 aromatic heterocycles. The van der Waals surface area contributed by atoms with Crippen molar-refractivity contribution in [2.75, 3.05) is 49.9 Å². The second-order valence-electron chi connectivity index (χ2n) is 19.1. The van der Waals surface area contributed by atoms with Crippen molar-refractivity contribution >= 4 is 33.0 Å². The van der Waals surface area contributed by atoms with E-state index in [1.165, 1.54) is 180 Å². The van der Waals surface area contributed by atoms with Crippen LogP contribution in [0.5, 0.6) is 0 Å². The molecule has 2 N–H and O–H groups in total. The quantitative estimate of drug-likeness (QED) is 0.0643. The molecule has 9 heteroatoms. The molecule has 65 heavy (non-hydrogen) atoms. The van der Waals surface area contributed by atoms with Crippen molar-refractivity contribution in [2.24, 2.45) is 0 Å². The Hall–Kier alpha value is -2.75. The number of rotatable bonds is 44. The SMILES string of the molecule is CCCCCCCCCCN(CCCCCCCCCC)CC(=O)Nc1ccc(S(=O)(=O)c2ccc(NC(=O)CN(CCCCCCCCCC)CCCCCCCCCC)cc2)cc1. The monoisotopic (exact) mass is 923 g/mol. The van der Waals surface area contributed by atoms with Gasteiger partial charge in [-0.05, 0) is 100 Å². The Kier molecular flexibility index (Phi) is 35.3. The van der Waals surface area contributed by atoms with E-state index in [0.29, 0.717) is 24.5 Å². The normalized spacial score (nSPS) is 11.8. The fourth-order valence-electron chi connectivity index (χ4n) is 8.80. The van der Waals surface area contributed by atoms with Gasteiger partial charge in [0.2, 0.25) is 21.7 Å². The predicted molar refractivity (Wildman–Crippen MR) is 279 cm³/mol. The molecular formula is C56H98N4O4S. The molecule has 0 radical (unpaired) electrons.